The molecule has 3 aromatic rings. The van der Waals surface area contributed by atoms with E-state index in [9.17, 15) is 13.2 Å². The van der Waals surface area contributed by atoms with Crippen LogP contribution in [0.15, 0.2) is 54.6 Å². The number of tetrazole rings is 1. The topological polar surface area (TPSA) is 98.0 Å². The van der Waals surface area contributed by atoms with Gasteiger partial charge < -0.3 is 4.90 Å². The molecule has 1 unspecified atom stereocenters. The van der Waals surface area contributed by atoms with Crippen molar-refractivity contribution in [1.29, 1.82) is 0 Å². The zero-order valence-corrected chi connectivity index (χ0v) is 17.5. The molecule has 30 heavy (non-hydrogen) atoms. The first kappa shape index (κ1) is 20.2. The molecule has 0 N–H and O–H groups in total. The van der Waals surface area contributed by atoms with Gasteiger partial charge in [0, 0.05) is 18.7 Å². The van der Waals surface area contributed by atoms with Gasteiger partial charge in [0.25, 0.3) is 5.91 Å². The third kappa shape index (κ3) is 4.11. The Kier molecular flexibility index (Phi) is 5.63. The largest absolute Gasteiger partial charge is 0.339 e. The first-order chi connectivity index (χ1) is 14.5. The molecule has 0 radical (unpaired) electrons. The lowest BCUT2D eigenvalue weighted by Gasteiger charge is -2.16. The van der Waals surface area contributed by atoms with E-state index < -0.39 is 15.1 Å². The lowest BCUT2D eigenvalue weighted by Crippen LogP contribution is -2.27. The van der Waals surface area contributed by atoms with E-state index in [0.29, 0.717) is 16.8 Å². The van der Waals surface area contributed by atoms with E-state index in [1.165, 1.54) is 4.68 Å². The Balaban J connectivity index is 1.51. The van der Waals surface area contributed by atoms with Crippen LogP contribution in [0.2, 0.25) is 0 Å². The van der Waals surface area contributed by atoms with Crippen LogP contribution >= 0.6 is 0 Å². The standard InChI is InChI=1S/C21H23N5O3S/c1-16(20-22-23-24-26(20)19-7-3-2-4-8-19)30(28,29)15-17-9-11-18(12-10-17)21(27)25-13-5-6-14-25/h2-4,7-12,16H,5-6,13-15H2,1H3. The van der Waals surface area contributed by atoms with Crippen LogP contribution < -0.4 is 0 Å². The van der Waals surface area contributed by atoms with Crippen LogP contribution in [0.3, 0.4) is 0 Å². The Morgan fingerprint density at radius 1 is 1.03 bits per heavy atom. The van der Waals surface area contributed by atoms with E-state index in [1.54, 1.807) is 31.2 Å². The minimum absolute atomic E-state index is 0.00249. The van der Waals surface area contributed by atoms with Crippen molar-refractivity contribution in [2.45, 2.75) is 30.8 Å². The first-order valence-corrected chi connectivity index (χ1v) is 11.6. The Morgan fingerprint density at radius 2 is 1.70 bits per heavy atom. The predicted molar refractivity (Wildman–Crippen MR) is 112 cm³/mol. The zero-order chi connectivity index (χ0) is 21.1. The van der Waals surface area contributed by atoms with Crippen molar-refractivity contribution in [3.05, 3.63) is 71.5 Å². The summed E-state index contributed by atoms with van der Waals surface area (Å²) >= 11 is 0. The van der Waals surface area contributed by atoms with Gasteiger partial charge in [-0.1, -0.05) is 30.3 Å². The summed E-state index contributed by atoms with van der Waals surface area (Å²) in [7, 11) is -3.57. The Labute approximate surface area is 175 Å². The molecule has 2 aromatic carbocycles. The Morgan fingerprint density at radius 3 is 2.37 bits per heavy atom. The van der Waals surface area contributed by atoms with Gasteiger partial charge >= 0.3 is 0 Å². The summed E-state index contributed by atoms with van der Waals surface area (Å²) in [5, 5.41) is 10.7. The highest BCUT2D eigenvalue weighted by molar-refractivity contribution is 7.90. The molecule has 0 spiro atoms. The van der Waals surface area contributed by atoms with Crippen molar-refractivity contribution in [2.75, 3.05) is 13.1 Å². The maximum absolute atomic E-state index is 13.0. The number of rotatable bonds is 6. The van der Waals surface area contributed by atoms with Crippen molar-refractivity contribution >= 4 is 15.7 Å². The number of hydrogen-bond donors (Lipinski definition) is 0. The lowest BCUT2D eigenvalue weighted by atomic mass is 10.1. The minimum Gasteiger partial charge on any atom is -0.339 e. The molecule has 156 valence electrons. The molecule has 0 saturated carbocycles. The molecule has 1 atom stereocenters. The van der Waals surface area contributed by atoms with Crippen LogP contribution in [-0.2, 0) is 15.6 Å². The number of likely N-dealkylation sites (tertiary alicyclic amines) is 1. The maximum atomic E-state index is 13.0. The highest BCUT2D eigenvalue weighted by Gasteiger charge is 2.29. The summed E-state index contributed by atoms with van der Waals surface area (Å²) in [5.74, 6) is 0.105. The van der Waals surface area contributed by atoms with Gasteiger partial charge in [-0.2, -0.15) is 4.68 Å². The molecule has 1 aromatic heterocycles. The predicted octanol–water partition coefficient (Wildman–Crippen LogP) is 2.57. The molecule has 8 nitrogen and oxygen atoms in total. The monoisotopic (exact) mass is 425 g/mol. The first-order valence-electron chi connectivity index (χ1n) is 9.89. The van der Waals surface area contributed by atoms with Gasteiger partial charge in [-0.05, 0) is 60.0 Å². The number of nitrogens with zero attached hydrogens (tertiary/aromatic N) is 5. The van der Waals surface area contributed by atoms with Crippen LogP contribution in [0, 0.1) is 0 Å². The van der Waals surface area contributed by atoms with Crippen molar-refractivity contribution in [1.82, 2.24) is 25.1 Å². The highest BCUT2D eigenvalue weighted by Crippen LogP contribution is 2.25. The SMILES string of the molecule is CC(c1nnnn1-c1ccccc1)S(=O)(=O)Cc1ccc(C(=O)N2CCCC2)cc1. The fourth-order valence-corrected chi connectivity index (χ4v) is 4.94. The third-order valence-corrected chi connectivity index (χ3v) is 7.38. The normalized spacial score (nSPS) is 15.3. The van der Waals surface area contributed by atoms with Gasteiger partial charge in [-0.15, -0.1) is 5.10 Å². The molecule has 2 heterocycles. The second-order valence-corrected chi connectivity index (χ2v) is 9.75. The summed E-state index contributed by atoms with van der Waals surface area (Å²) < 4.78 is 27.5. The maximum Gasteiger partial charge on any atom is 0.253 e. The van der Waals surface area contributed by atoms with Gasteiger partial charge in [0.1, 0.15) is 5.25 Å². The molecule has 1 aliphatic heterocycles. The van der Waals surface area contributed by atoms with Crippen molar-refractivity contribution in [2.24, 2.45) is 0 Å². The summed E-state index contributed by atoms with van der Waals surface area (Å²) in [6, 6.07) is 16.0. The van der Waals surface area contributed by atoms with Crippen LogP contribution in [0.25, 0.3) is 5.69 Å². The molecule has 9 heteroatoms. The zero-order valence-electron chi connectivity index (χ0n) is 16.7. The number of benzene rings is 2. The van der Waals surface area contributed by atoms with Crippen LogP contribution in [0.5, 0.6) is 0 Å². The summed E-state index contributed by atoms with van der Waals surface area (Å²) in [6.45, 7) is 3.15. The van der Waals surface area contributed by atoms with E-state index >= 15 is 0 Å². The molecule has 4 rings (SSSR count). The molecular weight excluding hydrogens is 402 g/mol. The number of sulfone groups is 1. The summed E-state index contributed by atoms with van der Waals surface area (Å²) in [5.41, 5.74) is 1.90. The Hall–Kier alpha value is -3.07. The number of hydrogen-bond acceptors (Lipinski definition) is 6. The van der Waals surface area contributed by atoms with E-state index in [2.05, 4.69) is 15.5 Å². The number of para-hydroxylation sites is 1. The van der Waals surface area contributed by atoms with Crippen molar-refractivity contribution in [3.8, 4) is 5.69 Å². The summed E-state index contributed by atoms with van der Waals surface area (Å²) in [4.78, 5) is 14.3. The molecule has 1 fully saturated rings. The quantitative estimate of drug-likeness (QED) is 0.602. The van der Waals surface area contributed by atoms with Crippen molar-refractivity contribution < 1.29 is 13.2 Å². The van der Waals surface area contributed by atoms with Gasteiger partial charge in [-0.3, -0.25) is 4.79 Å². The number of carbonyl (C=O) groups excluding carboxylic acids is 1. The molecular formula is C21H23N5O3S. The number of amides is 1. The average Bonchev–Trinajstić information content (AvgIpc) is 3.46. The van der Waals surface area contributed by atoms with Gasteiger partial charge in [-0.25, -0.2) is 8.42 Å². The number of carbonyl (C=O) groups is 1. The second-order valence-electron chi connectivity index (χ2n) is 7.43. The fourth-order valence-electron chi connectivity index (χ4n) is 3.56. The molecule has 0 bridgehead atoms. The fraction of sp³-hybridized carbons (Fsp3) is 0.333. The minimum atomic E-state index is -3.57. The number of aromatic nitrogens is 4. The van der Waals surface area contributed by atoms with E-state index in [1.807, 2.05) is 35.2 Å². The lowest BCUT2D eigenvalue weighted by molar-refractivity contribution is 0.0793. The van der Waals surface area contributed by atoms with Gasteiger partial charge in [0.15, 0.2) is 15.7 Å². The third-order valence-electron chi connectivity index (χ3n) is 5.36. The van der Waals surface area contributed by atoms with Gasteiger partial charge in [0.2, 0.25) is 0 Å². The van der Waals surface area contributed by atoms with Gasteiger partial charge in [0.05, 0.1) is 11.4 Å². The molecule has 0 aliphatic carbocycles. The Bertz CT molecular complexity index is 1120. The van der Waals surface area contributed by atoms with E-state index in [4.69, 9.17) is 0 Å². The van der Waals surface area contributed by atoms with Crippen molar-refractivity contribution in [3.63, 3.8) is 0 Å². The van der Waals surface area contributed by atoms with Crippen LogP contribution in [-0.4, -0.2) is 52.5 Å². The van der Waals surface area contributed by atoms with Crippen LogP contribution in [0.4, 0.5) is 0 Å². The average molecular weight is 426 g/mol. The molecule has 1 aliphatic rings. The highest BCUT2D eigenvalue weighted by atomic mass is 32.2. The molecule has 1 saturated heterocycles. The second kappa shape index (κ2) is 8.35. The molecule has 1 amide bonds. The summed E-state index contributed by atoms with van der Waals surface area (Å²) in [6.07, 6.45) is 2.06. The van der Waals surface area contributed by atoms with E-state index in [-0.39, 0.29) is 17.5 Å². The smallest absolute Gasteiger partial charge is 0.253 e. The van der Waals surface area contributed by atoms with E-state index in [0.717, 1.165) is 25.9 Å². The van der Waals surface area contributed by atoms with Crippen LogP contribution in [0.1, 0.15) is 46.8 Å².